The largest absolute Gasteiger partial charge is 0.476 e. The molecule has 0 saturated heterocycles. The molecule has 0 atom stereocenters. The van der Waals surface area contributed by atoms with Crippen molar-refractivity contribution in [2.75, 3.05) is 0 Å². The van der Waals surface area contributed by atoms with Crippen LogP contribution < -0.4 is 4.74 Å². The van der Waals surface area contributed by atoms with Crippen LogP contribution in [0.4, 0.5) is 35.1 Å². The van der Waals surface area contributed by atoms with E-state index in [0.717, 1.165) is 4.57 Å². The summed E-state index contributed by atoms with van der Waals surface area (Å²) in [5.74, 6) is -6.91. The highest BCUT2D eigenvalue weighted by atomic mass is 35.5. The number of halogens is 9. The Morgan fingerprint density at radius 2 is 1.81 bits per heavy atom. The van der Waals surface area contributed by atoms with Crippen molar-refractivity contribution in [3.63, 3.8) is 0 Å². The van der Waals surface area contributed by atoms with Gasteiger partial charge >= 0.3 is 24.9 Å². The van der Waals surface area contributed by atoms with Gasteiger partial charge < -0.3 is 9.84 Å². The quantitative estimate of drug-likeness (QED) is 0.559. The van der Waals surface area contributed by atoms with E-state index in [0.29, 0.717) is 12.3 Å². The summed E-state index contributed by atoms with van der Waals surface area (Å²) < 4.78 is 108. The topological polar surface area (TPSA) is 77.2 Å². The zero-order valence-electron chi connectivity index (χ0n) is 15.2. The maximum absolute atomic E-state index is 12.8. The molecule has 0 fully saturated rings. The van der Waals surface area contributed by atoms with Crippen molar-refractivity contribution in [2.45, 2.75) is 38.7 Å². The van der Waals surface area contributed by atoms with E-state index >= 15 is 0 Å². The average molecular weight is 482 g/mol. The van der Waals surface area contributed by atoms with Crippen LogP contribution in [0, 0.1) is 5.92 Å². The number of nitrogens with zero attached hydrogens (tertiary/aromatic N) is 3. The van der Waals surface area contributed by atoms with Crippen LogP contribution in [-0.2, 0) is 12.8 Å². The fourth-order valence-corrected chi connectivity index (χ4v) is 2.93. The SMILES string of the molecule is CCc1nc(C(=O)O)c(Cl)n1-c1ncc(CC(C(F)(F)F)C(F)(F)F)cc1OC(F)F. The fourth-order valence-electron chi connectivity index (χ4n) is 2.63. The number of rotatable bonds is 7. The van der Waals surface area contributed by atoms with Gasteiger partial charge in [-0.15, -0.1) is 0 Å². The summed E-state index contributed by atoms with van der Waals surface area (Å²) in [7, 11) is 0. The zero-order valence-corrected chi connectivity index (χ0v) is 16.0. The number of carbonyl (C=O) groups is 1. The van der Waals surface area contributed by atoms with Crippen molar-refractivity contribution in [3.8, 4) is 11.6 Å². The summed E-state index contributed by atoms with van der Waals surface area (Å²) in [5, 5.41) is 8.53. The van der Waals surface area contributed by atoms with Gasteiger partial charge in [-0.1, -0.05) is 18.5 Å². The van der Waals surface area contributed by atoms with Crippen molar-refractivity contribution < 1.29 is 49.8 Å². The van der Waals surface area contributed by atoms with Gasteiger partial charge in [0.2, 0.25) is 0 Å². The molecule has 0 amide bonds. The Balaban J connectivity index is 2.62. The second-order valence-corrected chi connectivity index (χ2v) is 6.40. The molecule has 2 rings (SSSR count). The molecule has 2 aromatic heterocycles. The van der Waals surface area contributed by atoms with E-state index < -0.39 is 65.2 Å². The predicted octanol–water partition coefficient (Wildman–Crippen LogP) is 5.07. The molecular formula is C16H12ClF8N3O3. The highest BCUT2D eigenvalue weighted by Gasteiger charge is 2.56. The molecule has 0 spiro atoms. The van der Waals surface area contributed by atoms with Crippen LogP contribution in [0.1, 0.15) is 28.8 Å². The third-order valence-corrected chi connectivity index (χ3v) is 4.30. The molecule has 0 aliphatic carbocycles. The van der Waals surface area contributed by atoms with Crippen molar-refractivity contribution in [3.05, 3.63) is 34.5 Å². The van der Waals surface area contributed by atoms with E-state index in [1.54, 1.807) is 0 Å². The maximum atomic E-state index is 12.8. The number of aryl methyl sites for hydroxylation is 1. The normalized spacial score (nSPS) is 12.6. The molecule has 2 heterocycles. The lowest BCUT2D eigenvalue weighted by Gasteiger charge is -2.23. The lowest BCUT2D eigenvalue weighted by Crippen LogP contribution is -2.38. The van der Waals surface area contributed by atoms with E-state index in [1.165, 1.54) is 6.92 Å². The first-order valence-electron chi connectivity index (χ1n) is 8.24. The molecule has 15 heteroatoms. The third kappa shape index (κ3) is 5.54. The summed E-state index contributed by atoms with van der Waals surface area (Å²) in [4.78, 5) is 18.5. The Labute approximate surface area is 173 Å². The monoisotopic (exact) mass is 481 g/mol. The van der Waals surface area contributed by atoms with E-state index in [9.17, 15) is 39.9 Å². The molecule has 31 heavy (non-hydrogen) atoms. The number of ether oxygens (including phenoxy) is 1. The number of hydrogen-bond acceptors (Lipinski definition) is 4. The molecule has 0 aliphatic heterocycles. The lowest BCUT2D eigenvalue weighted by molar-refractivity contribution is -0.283. The van der Waals surface area contributed by atoms with E-state index in [4.69, 9.17) is 16.7 Å². The van der Waals surface area contributed by atoms with Gasteiger partial charge in [-0.2, -0.15) is 35.1 Å². The van der Waals surface area contributed by atoms with E-state index in [-0.39, 0.29) is 12.2 Å². The number of alkyl halides is 8. The first kappa shape index (κ1) is 24.6. The zero-order chi connectivity index (χ0) is 23.7. The second-order valence-electron chi connectivity index (χ2n) is 6.05. The third-order valence-electron chi connectivity index (χ3n) is 3.96. The van der Waals surface area contributed by atoms with E-state index in [1.807, 2.05) is 0 Å². The molecule has 0 aliphatic rings. The van der Waals surface area contributed by atoms with Crippen LogP contribution >= 0.6 is 11.6 Å². The summed E-state index contributed by atoms with van der Waals surface area (Å²) in [6, 6.07) is 0.523. The van der Waals surface area contributed by atoms with Gasteiger partial charge in [0.15, 0.2) is 23.2 Å². The van der Waals surface area contributed by atoms with Gasteiger partial charge in [0, 0.05) is 12.6 Å². The minimum absolute atomic E-state index is 0.0226. The minimum atomic E-state index is -5.65. The number of imidazole rings is 1. The first-order chi connectivity index (χ1) is 14.2. The average Bonchev–Trinajstić information content (AvgIpc) is 2.94. The molecular weight excluding hydrogens is 470 g/mol. The summed E-state index contributed by atoms with van der Waals surface area (Å²) in [6.45, 7) is -2.02. The summed E-state index contributed by atoms with van der Waals surface area (Å²) >= 11 is 5.93. The number of aromatic nitrogens is 3. The number of carboxylic acid groups (broad SMARTS) is 1. The molecule has 0 bridgehead atoms. The van der Waals surface area contributed by atoms with E-state index in [2.05, 4.69) is 14.7 Å². The molecule has 0 aromatic carbocycles. The first-order valence-corrected chi connectivity index (χ1v) is 8.62. The van der Waals surface area contributed by atoms with Crippen molar-refractivity contribution >= 4 is 17.6 Å². The number of aromatic carboxylic acids is 1. The smallest absolute Gasteiger partial charge is 0.400 e. The Morgan fingerprint density at radius 1 is 1.23 bits per heavy atom. The van der Waals surface area contributed by atoms with Gasteiger partial charge in [-0.25, -0.2) is 14.8 Å². The molecule has 2 aromatic rings. The van der Waals surface area contributed by atoms with Gasteiger partial charge in [0.1, 0.15) is 11.0 Å². The molecule has 0 radical (unpaired) electrons. The van der Waals surface area contributed by atoms with Gasteiger partial charge in [-0.05, 0) is 18.1 Å². The molecule has 172 valence electrons. The molecule has 0 saturated carbocycles. The van der Waals surface area contributed by atoms with Crippen molar-refractivity contribution in [1.82, 2.24) is 14.5 Å². The van der Waals surface area contributed by atoms with Gasteiger partial charge in [-0.3, -0.25) is 4.57 Å². The number of hydrogen-bond donors (Lipinski definition) is 1. The fraction of sp³-hybridized carbons (Fsp3) is 0.438. The highest BCUT2D eigenvalue weighted by molar-refractivity contribution is 6.32. The van der Waals surface area contributed by atoms with Gasteiger partial charge in [0.25, 0.3) is 0 Å². The Morgan fingerprint density at radius 3 is 2.26 bits per heavy atom. The van der Waals surface area contributed by atoms with Crippen LogP contribution in [0.5, 0.6) is 5.75 Å². The summed E-state index contributed by atoms with van der Waals surface area (Å²) in [6.07, 6.45) is -12.3. The Kier molecular flexibility index (Phi) is 7.03. The number of carboxylic acids is 1. The van der Waals surface area contributed by atoms with Crippen molar-refractivity contribution in [2.24, 2.45) is 5.92 Å². The van der Waals surface area contributed by atoms with Crippen LogP contribution in [-0.4, -0.2) is 44.6 Å². The van der Waals surface area contributed by atoms with Crippen LogP contribution in [0.15, 0.2) is 12.3 Å². The van der Waals surface area contributed by atoms with Crippen LogP contribution in [0.3, 0.4) is 0 Å². The Bertz CT molecular complexity index is 945. The standard InChI is InChI=1S/C16H12ClF8N3O3/c1-2-9-27-10(13(29)30)11(17)28(9)12-7(31-14(18)19)3-6(5-26-12)4-8(15(20,21)22)16(23,24)25/h3,5,8,14H,2,4H2,1H3,(H,29,30). The lowest BCUT2D eigenvalue weighted by atomic mass is 9.99. The molecule has 0 unspecified atom stereocenters. The highest BCUT2D eigenvalue weighted by Crippen LogP contribution is 2.42. The minimum Gasteiger partial charge on any atom is -0.476 e. The number of pyridine rings is 1. The molecule has 6 nitrogen and oxygen atoms in total. The van der Waals surface area contributed by atoms with Crippen LogP contribution in [0.25, 0.3) is 5.82 Å². The predicted molar refractivity (Wildman–Crippen MR) is 88.6 cm³/mol. The maximum Gasteiger partial charge on any atom is 0.400 e. The van der Waals surface area contributed by atoms with Crippen molar-refractivity contribution in [1.29, 1.82) is 0 Å². The van der Waals surface area contributed by atoms with Crippen LogP contribution in [0.2, 0.25) is 5.15 Å². The second kappa shape index (κ2) is 8.85. The Hall–Kier alpha value is -2.64. The summed E-state index contributed by atoms with van der Waals surface area (Å²) in [5.41, 5.74) is -1.37. The van der Waals surface area contributed by atoms with Gasteiger partial charge in [0.05, 0.1) is 0 Å². The molecule has 1 N–H and O–H groups in total.